The second kappa shape index (κ2) is 10.5. The smallest absolute Gasteiger partial charge is 0.251 e. The number of rotatable bonds is 8. The maximum absolute atomic E-state index is 12.7. The van der Waals surface area contributed by atoms with Crippen LogP contribution in [-0.4, -0.2) is 64.7 Å². The average molecular weight is 424 g/mol. The van der Waals surface area contributed by atoms with E-state index in [1.807, 2.05) is 0 Å². The minimum atomic E-state index is -3.66. The Balaban J connectivity index is 1.57. The van der Waals surface area contributed by atoms with Crippen molar-refractivity contribution in [2.45, 2.75) is 61.9 Å². The Hall–Kier alpha value is -1.48. The van der Waals surface area contributed by atoms with E-state index in [0.29, 0.717) is 18.2 Å². The van der Waals surface area contributed by atoms with Gasteiger partial charge in [-0.25, -0.2) is 13.1 Å². The van der Waals surface area contributed by atoms with Crippen LogP contribution in [0.5, 0.6) is 0 Å². The summed E-state index contributed by atoms with van der Waals surface area (Å²) in [5, 5.41) is 3.09. The maximum Gasteiger partial charge on any atom is 0.251 e. The molecule has 1 aliphatic carbocycles. The number of carbonyl (C=O) groups excluding carboxylic acids is 1. The zero-order chi connectivity index (χ0) is 20.7. The zero-order valence-corrected chi connectivity index (χ0v) is 18.0. The molecule has 7 nitrogen and oxygen atoms in total. The first-order valence-electron chi connectivity index (χ1n) is 10.6. The van der Waals surface area contributed by atoms with Crippen molar-refractivity contribution in [3.8, 4) is 0 Å². The van der Waals surface area contributed by atoms with Crippen LogP contribution in [0.4, 0.5) is 0 Å². The molecule has 0 radical (unpaired) electrons. The van der Waals surface area contributed by atoms with Crippen LogP contribution in [0.1, 0.15) is 55.3 Å². The third-order valence-corrected chi connectivity index (χ3v) is 7.36. The number of hydrogen-bond donors (Lipinski definition) is 2. The van der Waals surface area contributed by atoms with Crippen molar-refractivity contribution in [1.29, 1.82) is 0 Å². The van der Waals surface area contributed by atoms with Crippen LogP contribution in [0.2, 0.25) is 0 Å². The van der Waals surface area contributed by atoms with Gasteiger partial charge >= 0.3 is 0 Å². The van der Waals surface area contributed by atoms with Crippen LogP contribution in [0.25, 0.3) is 0 Å². The van der Waals surface area contributed by atoms with E-state index in [9.17, 15) is 13.2 Å². The second-order valence-electron chi connectivity index (χ2n) is 8.02. The summed E-state index contributed by atoms with van der Waals surface area (Å²) in [7, 11) is -2.15. The predicted molar refractivity (Wildman–Crippen MR) is 112 cm³/mol. The van der Waals surface area contributed by atoms with Crippen LogP contribution in [0.15, 0.2) is 29.2 Å². The lowest BCUT2D eigenvalue weighted by atomic mass is 10.1. The van der Waals surface area contributed by atoms with Gasteiger partial charge in [-0.15, -0.1) is 0 Å². The predicted octanol–water partition coefficient (Wildman–Crippen LogP) is 2.14. The van der Waals surface area contributed by atoms with Gasteiger partial charge in [0.05, 0.1) is 11.5 Å². The molecular formula is C21H33N3O4S. The Bertz CT molecular complexity index is 776. The lowest BCUT2D eigenvalue weighted by Gasteiger charge is -2.26. The van der Waals surface area contributed by atoms with Crippen LogP contribution in [0.3, 0.4) is 0 Å². The summed E-state index contributed by atoms with van der Waals surface area (Å²) >= 11 is 0. The van der Waals surface area contributed by atoms with Gasteiger partial charge in [0, 0.05) is 44.4 Å². The number of benzene rings is 1. The molecule has 1 aromatic carbocycles. The van der Waals surface area contributed by atoms with Crippen LogP contribution >= 0.6 is 0 Å². The fourth-order valence-corrected chi connectivity index (χ4v) is 5.35. The van der Waals surface area contributed by atoms with Gasteiger partial charge in [-0.3, -0.25) is 9.69 Å². The molecule has 1 atom stereocenters. The summed E-state index contributed by atoms with van der Waals surface area (Å²) in [5.74, 6) is -0.216. The minimum Gasteiger partial charge on any atom is -0.383 e. The summed E-state index contributed by atoms with van der Waals surface area (Å²) in [6.45, 7) is 2.38. The molecule has 1 saturated carbocycles. The summed E-state index contributed by atoms with van der Waals surface area (Å²) in [4.78, 5) is 15.3. The van der Waals surface area contributed by atoms with Gasteiger partial charge in [-0.1, -0.05) is 31.7 Å². The highest BCUT2D eigenvalue weighted by Crippen LogP contribution is 2.25. The van der Waals surface area contributed by atoms with Crippen molar-refractivity contribution in [1.82, 2.24) is 14.9 Å². The number of carbonyl (C=O) groups is 1. The van der Waals surface area contributed by atoms with E-state index in [1.165, 1.54) is 57.8 Å². The van der Waals surface area contributed by atoms with Gasteiger partial charge < -0.3 is 10.1 Å². The van der Waals surface area contributed by atoms with E-state index < -0.39 is 10.0 Å². The molecule has 8 heteroatoms. The molecule has 1 amide bonds. The lowest BCUT2D eigenvalue weighted by Crippen LogP contribution is -2.39. The van der Waals surface area contributed by atoms with Gasteiger partial charge in [-0.05, 0) is 37.5 Å². The molecule has 1 saturated heterocycles. The van der Waals surface area contributed by atoms with Crippen molar-refractivity contribution >= 4 is 15.9 Å². The summed E-state index contributed by atoms with van der Waals surface area (Å²) < 4.78 is 32.1. The van der Waals surface area contributed by atoms with E-state index in [2.05, 4.69) is 14.9 Å². The Morgan fingerprint density at radius 1 is 1.17 bits per heavy atom. The molecular weight excluding hydrogens is 390 g/mol. The molecule has 0 aromatic heterocycles. The van der Waals surface area contributed by atoms with Crippen molar-refractivity contribution in [3.05, 3.63) is 29.8 Å². The first-order valence-corrected chi connectivity index (χ1v) is 12.1. The molecule has 2 N–H and O–H groups in total. The van der Waals surface area contributed by atoms with Crippen LogP contribution in [0, 0.1) is 0 Å². The van der Waals surface area contributed by atoms with E-state index in [-0.39, 0.29) is 23.4 Å². The Labute approximate surface area is 174 Å². The molecule has 162 valence electrons. The monoisotopic (exact) mass is 423 g/mol. The molecule has 29 heavy (non-hydrogen) atoms. The fourth-order valence-electron chi connectivity index (χ4n) is 4.29. The molecule has 1 aromatic rings. The number of likely N-dealkylation sites (tertiary alicyclic amines) is 1. The topological polar surface area (TPSA) is 87.7 Å². The van der Waals surface area contributed by atoms with Gasteiger partial charge in [0.2, 0.25) is 10.0 Å². The molecule has 1 heterocycles. The third kappa shape index (κ3) is 6.25. The number of methoxy groups -OCH3 is 1. The van der Waals surface area contributed by atoms with E-state index >= 15 is 0 Å². The summed E-state index contributed by atoms with van der Waals surface area (Å²) in [6, 6.07) is 6.95. The van der Waals surface area contributed by atoms with Crippen LogP contribution < -0.4 is 10.0 Å². The number of nitrogens with zero attached hydrogens (tertiary/aromatic N) is 1. The highest BCUT2D eigenvalue weighted by atomic mass is 32.2. The van der Waals surface area contributed by atoms with Crippen molar-refractivity contribution in [3.63, 3.8) is 0 Å². The molecule has 2 fully saturated rings. The Kier molecular flexibility index (Phi) is 8.06. The standard InChI is InChI=1S/C21H33N3O4S/c1-28-14-12-22-29(26,27)20-10-6-7-17(15-20)21(25)23-18-11-13-24(16-18)19-8-4-2-3-5-9-19/h6-7,10,15,18-19,22H,2-5,8-9,11-14,16H2,1H3,(H,23,25). The summed E-state index contributed by atoms with van der Waals surface area (Å²) in [5.41, 5.74) is 0.368. The molecule has 0 bridgehead atoms. The number of ether oxygens (including phenoxy) is 1. The highest BCUT2D eigenvalue weighted by molar-refractivity contribution is 7.89. The van der Waals surface area contributed by atoms with Crippen molar-refractivity contribution < 1.29 is 17.9 Å². The molecule has 0 spiro atoms. The third-order valence-electron chi connectivity index (χ3n) is 5.90. The zero-order valence-electron chi connectivity index (χ0n) is 17.2. The van der Waals surface area contributed by atoms with Gasteiger partial charge in [0.25, 0.3) is 5.91 Å². The summed E-state index contributed by atoms with van der Waals surface area (Å²) in [6.07, 6.45) is 8.75. The number of sulfonamides is 1. The molecule has 3 rings (SSSR count). The number of amides is 1. The fraction of sp³-hybridized carbons (Fsp3) is 0.667. The molecule has 1 unspecified atom stereocenters. The Morgan fingerprint density at radius 2 is 1.93 bits per heavy atom. The van der Waals surface area contributed by atoms with E-state index in [4.69, 9.17) is 4.74 Å². The number of hydrogen-bond acceptors (Lipinski definition) is 5. The SMILES string of the molecule is COCCNS(=O)(=O)c1cccc(C(=O)NC2CCN(C3CCCCCC3)C2)c1. The first kappa shape index (κ1) is 22.2. The first-order chi connectivity index (χ1) is 14.0. The molecule has 1 aliphatic heterocycles. The maximum atomic E-state index is 12.7. The van der Waals surface area contributed by atoms with E-state index in [0.717, 1.165) is 19.5 Å². The Morgan fingerprint density at radius 3 is 2.66 bits per heavy atom. The second-order valence-corrected chi connectivity index (χ2v) is 9.78. The lowest BCUT2D eigenvalue weighted by molar-refractivity contribution is 0.0935. The average Bonchev–Trinajstić information content (AvgIpc) is 3.00. The molecule has 2 aliphatic rings. The minimum absolute atomic E-state index is 0.0905. The van der Waals surface area contributed by atoms with Crippen molar-refractivity contribution in [2.24, 2.45) is 0 Å². The van der Waals surface area contributed by atoms with Crippen molar-refractivity contribution in [2.75, 3.05) is 33.4 Å². The quantitative estimate of drug-likeness (QED) is 0.494. The van der Waals surface area contributed by atoms with Gasteiger partial charge in [-0.2, -0.15) is 0 Å². The normalized spacial score (nSPS) is 21.8. The van der Waals surface area contributed by atoms with Gasteiger partial charge in [0.1, 0.15) is 0 Å². The van der Waals surface area contributed by atoms with Gasteiger partial charge in [0.15, 0.2) is 0 Å². The highest BCUT2D eigenvalue weighted by Gasteiger charge is 2.29. The van der Waals surface area contributed by atoms with Crippen LogP contribution in [-0.2, 0) is 14.8 Å². The van der Waals surface area contributed by atoms with E-state index in [1.54, 1.807) is 12.1 Å². The largest absolute Gasteiger partial charge is 0.383 e. The number of nitrogens with one attached hydrogen (secondary N) is 2.